The molecule has 0 bridgehead atoms. The molecule has 1 aliphatic carbocycles. The number of nitrogens with zero attached hydrogens (tertiary/aromatic N) is 1. The van der Waals surface area contributed by atoms with E-state index in [0.717, 1.165) is 25.7 Å². The SMILES string of the molecule is CNC(=O)c1sc(NC2CCC(O)CC2)c(C#N)c1N. The number of carbonyl (C=O) groups is 1. The summed E-state index contributed by atoms with van der Waals surface area (Å²) in [4.78, 5) is 12.1. The molecule has 108 valence electrons. The number of amides is 1. The highest BCUT2D eigenvalue weighted by Crippen LogP contribution is 2.36. The van der Waals surface area contributed by atoms with Gasteiger partial charge in [0.15, 0.2) is 0 Å². The second-order valence-electron chi connectivity index (χ2n) is 4.89. The first-order valence-electron chi connectivity index (χ1n) is 6.55. The summed E-state index contributed by atoms with van der Waals surface area (Å²) in [5.74, 6) is -0.281. The fourth-order valence-electron chi connectivity index (χ4n) is 2.34. The van der Waals surface area contributed by atoms with Crippen LogP contribution in [0.15, 0.2) is 0 Å². The van der Waals surface area contributed by atoms with E-state index in [1.807, 2.05) is 0 Å². The number of carbonyl (C=O) groups excluding carboxylic acids is 1. The Morgan fingerprint density at radius 3 is 2.65 bits per heavy atom. The largest absolute Gasteiger partial charge is 0.396 e. The summed E-state index contributed by atoms with van der Waals surface area (Å²) < 4.78 is 0. The Labute approximate surface area is 121 Å². The number of hydrogen-bond acceptors (Lipinski definition) is 6. The number of nitrogens with two attached hydrogens (primary N) is 1. The minimum atomic E-state index is -0.281. The van der Waals surface area contributed by atoms with Crippen molar-refractivity contribution < 1.29 is 9.90 Å². The van der Waals surface area contributed by atoms with Gasteiger partial charge in [0.1, 0.15) is 21.5 Å². The molecule has 1 aliphatic rings. The number of nitrogen functional groups attached to an aromatic ring is 1. The highest BCUT2D eigenvalue weighted by atomic mass is 32.1. The van der Waals surface area contributed by atoms with Gasteiger partial charge in [-0.15, -0.1) is 11.3 Å². The summed E-state index contributed by atoms with van der Waals surface area (Å²) in [7, 11) is 1.53. The predicted molar refractivity (Wildman–Crippen MR) is 78.7 cm³/mol. The average molecular weight is 294 g/mol. The van der Waals surface area contributed by atoms with Gasteiger partial charge in [-0.2, -0.15) is 5.26 Å². The monoisotopic (exact) mass is 294 g/mol. The van der Waals surface area contributed by atoms with Crippen molar-refractivity contribution in [2.75, 3.05) is 18.1 Å². The second kappa shape index (κ2) is 6.11. The normalized spacial score (nSPS) is 22.1. The van der Waals surface area contributed by atoms with Gasteiger partial charge >= 0.3 is 0 Å². The summed E-state index contributed by atoms with van der Waals surface area (Å²) in [5.41, 5.74) is 6.43. The summed E-state index contributed by atoms with van der Waals surface area (Å²) in [6, 6.07) is 2.26. The Hall–Kier alpha value is -1.78. The van der Waals surface area contributed by atoms with Gasteiger partial charge in [-0.05, 0) is 25.7 Å². The van der Waals surface area contributed by atoms with Crippen LogP contribution in [0.4, 0.5) is 10.7 Å². The summed E-state index contributed by atoms with van der Waals surface area (Å²) in [6.07, 6.45) is 2.97. The third kappa shape index (κ3) is 2.86. The molecule has 0 saturated heterocycles. The molecule has 20 heavy (non-hydrogen) atoms. The quantitative estimate of drug-likeness (QED) is 0.671. The molecular weight excluding hydrogens is 276 g/mol. The van der Waals surface area contributed by atoms with E-state index in [1.165, 1.54) is 18.4 Å². The Morgan fingerprint density at radius 1 is 1.45 bits per heavy atom. The highest BCUT2D eigenvalue weighted by molar-refractivity contribution is 7.18. The first-order chi connectivity index (χ1) is 9.56. The lowest BCUT2D eigenvalue weighted by molar-refractivity contribution is 0.0968. The fraction of sp³-hybridized carbons (Fsp3) is 0.538. The van der Waals surface area contributed by atoms with Gasteiger partial charge in [-0.25, -0.2) is 0 Å². The number of aliphatic hydroxyl groups is 1. The van der Waals surface area contributed by atoms with Crippen LogP contribution in [0.25, 0.3) is 0 Å². The molecule has 0 aromatic carbocycles. The van der Waals surface area contributed by atoms with Crippen LogP contribution in [0.3, 0.4) is 0 Å². The number of nitrogens with one attached hydrogen (secondary N) is 2. The molecule has 0 aliphatic heterocycles. The van der Waals surface area contributed by atoms with Crippen LogP contribution >= 0.6 is 11.3 Å². The molecule has 0 unspecified atom stereocenters. The summed E-state index contributed by atoms with van der Waals surface area (Å²) in [5, 5.41) is 25.1. The van der Waals surface area contributed by atoms with Gasteiger partial charge in [0.25, 0.3) is 5.91 Å². The van der Waals surface area contributed by atoms with E-state index >= 15 is 0 Å². The van der Waals surface area contributed by atoms with Gasteiger partial charge in [-0.3, -0.25) is 4.79 Å². The zero-order valence-electron chi connectivity index (χ0n) is 11.3. The van der Waals surface area contributed by atoms with E-state index in [9.17, 15) is 15.2 Å². The van der Waals surface area contributed by atoms with Crippen molar-refractivity contribution in [2.24, 2.45) is 0 Å². The van der Waals surface area contributed by atoms with Gasteiger partial charge < -0.3 is 21.5 Å². The molecule has 1 amide bonds. The van der Waals surface area contributed by atoms with E-state index in [4.69, 9.17) is 5.73 Å². The number of nitriles is 1. The second-order valence-corrected chi connectivity index (χ2v) is 5.91. The van der Waals surface area contributed by atoms with Gasteiger partial charge in [-0.1, -0.05) is 0 Å². The van der Waals surface area contributed by atoms with Gasteiger partial charge in [0, 0.05) is 13.1 Å². The predicted octanol–water partition coefficient (Wildman–Crippen LogP) is 1.28. The summed E-state index contributed by atoms with van der Waals surface area (Å²) >= 11 is 1.20. The van der Waals surface area contributed by atoms with Crippen molar-refractivity contribution in [2.45, 2.75) is 37.8 Å². The molecule has 1 saturated carbocycles. The lowest BCUT2D eigenvalue weighted by Gasteiger charge is -2.26. The van der Waals surface area contributed by atoms with E-state index in [2.05, 4.69) is 16.7 Å². The molecular formula is C13H18N4O2S. The third-order valence-corrected chi connectivity index (χ3v) is 4.66. The van der Waals surface area contributed by atoms with Crippen molar-refractivity contribution in [1.29, 1.82) is 5.26 Å². The zero-order valence-corrected chi connectivity index (χ0v) is 12.1. The fourth-order valence-corrected chi connectivity index (χ4v) is 3.44. The molecule has 5 N–H and O–H groups in total. The number of rotatable bonds is 3. The topological polar surface area (TPSA) is 111 Å². The molecule has 6 nitrogen and oxygen atoms in total. The van der Waals surface area contributed by atoms with Crippen molar-refractivity contribution in [3.8, 4) is 6.07 Å². The van der Waals surface area contributed by atoms with Gasteiger partial charge in [0.2, 0.25) is 0 Å². The zero-order chi connectivity index (χ0) is 14.7. The van der Waals surface area contributed by atoms with E-state index in [-0.39, 0.29) is 23.7 Å². The Bertz CT molecular complexity index is 541. The Kier molecular flexibility index (Phi) is 4.47. The van der Waals surface area contributed by atoms with E-state index < -0.39 is 0 Å². The van der Waals surface area contributed by atoms with Crippen molar-refractivity contribution in [3.05, 3.63) is 10.4 Å². The number of aliphatic hydroxyl groups excluding tert-OH is 1. The van der Waals surface area contributed by atoms with Crippen LogP contribution in [0, 0.1) is 11.3 Å². The molecule has 0 atom stereocenters. The van der Waals surface area contributed by atoms with Crippen LogP contribution in [0.1, 0.15) is 40.9 Å². The van der Waals surface area contributed by atoms with Crippen molar-refractivity contribution in [1.82, 2.24) is 5.32 Å². The van der Waals surface area contributed by atoms with E-state index in [0.29, 0.717) is 15.4 Å². The molecule has 0 spiro atoms. The average Bonchev–Trinajstić information content (AvgIpc) is 2.76. The molecule has 1 fully saturated rings. The Balaban J connectivity index is 2.19. The molecule has 1 aromatic heterocycles. The van der Waals surface area contributed by atoms with Crippen LogP contribution in [-0.4, -0.2) is 30.2 Å². The van der Waals surface area contributed by atoms with Crippen LogP contribution < -0.4 is 16.4 Å². The lowest BCUT2D eigenvalue weighted by atomic mass is 9.93. The maximum atomic E-state index is 11.7. The maximum Gasteiger partial charge on any atom is 0.263 e. The van der Waals surface area contributed by atoms with Crippen LogP contribution in [0.5, 0.6) is 0 Å². The number of anilines is 2. The standard InChI is InChI=1S/C13H18N4O2S/c1-16-12(19)11-10(15)9(6-14)13(20-11)17-7-2-4-8(18)5-3-7/h7-8,17-18H,2-5,15H2,1H3,(H,16,19). The smallest absolute Gasteiger partial charge is 0.263 e. The van der Waals surface area contributed by atoms with Crippen LogP contribution in [0.2, 0.25) is 0 Å². The number of hydrogen-bond donors (Lipinski definition) is 4. The van der Waals surface area contributed by atoms with Crippen molar-refractivity contribution >= 4 is 27.9 Å². The molecule has 2 rings (SSSR count). The number of thiophene rings is 1. The first-order valence-corrected chi connectivity index (χ1v) is 7.37. The summed E-state index contributed by atoms with van der Waals surface area (Å²) in [6.45, 7) is 0. The van der Waals surface area contributed by atoms with Gasteiger partial charge in [0.05, 0.1) is 11.8 Å². The maximum absolute atomic E-state index is 11.7. The highest BCUT2D eigenvalue weighted by Gasteiger charge is 2.24. The lowest BCUT2D eigenvalue weighted by Crippen LogP contribution is -2.28. The van der Waals surface area contributed by atoms with Crippen LogP contribution in [-0.2, 0) is 0 Å². The van der Waals surface area contributed by atoms with Crippen molar-refractivity contribution in [3.63, 3.8) is 0 Å². The molecule has 7 heteroatoms. The Morgan fingerprint density at radius 2 is 2.10 bits per heavy atom. The third-order valence-electron chi connectivity index (χ3n) is 3.52. The molecule has 1 heterocycles. The van der Waals surface area contributed by atoms with E-state index in [1.54, 1.807) is 0 Å². The first kappa shape index (κ1) is 14.6. The molecule has 1 aromatic rings. The minimum Gasteiger partial charge on any atom is -0.396 e. The molecule has 0 radical (unpaired) electrons. The minimum absolute atomic E-state index is 0.209.